The minimum Gasteiger partial charge on any atom is -0.415 e. The third-order valence-electron chi connectivity index (χ3n) is 6.92. The van der Waals surface area contributed by atoms with E-state index in [0.29, 0.717) is 6.54 Å². The number of nitrogens with one attached hydrogen (secondary N) is 1. The van der Waals surface area contributed by atoms with E-state index >= 15 is 0 Å². The molecule has 0 bridgehead atoms. The molecule has 0 heterocycles. The number of hydrogen-bond acceptors (Lipinski definition) is 2. The predicted molar refractivity (Wildman–Crippen MR) is 121 cm³/mol. The lowest BCUT2D eigenvalue weighted by atomic mass is 10.0. The van der Waals surface area contributed by atoms with Gasteiger partial charge in [-0.05, 0) is 50.9 Å². The molecule has 0 aliphatic rings. The monoisotopic (exact) mass is 399 g/mol. The van der Waals surface area contributed by atoms with Crippen LogP contribution in [0.2, 0.25) is 37.3 Å². The standard InChI is InChI=1S/C21H45NO2Si2/c1-11-14-18-25(7,8)20(4,5)24-26(9,10)21(6,13-3)16-15-17-22-19(23)12-2/h12H,2,11,13-18H2,1,3-10H3,(H,22,23). The molecule has 0 aromatic carbocycles. The number of hydrogen-bond donors (Lipinski definition) is 1. The van der Waals surface area contributed by atoms with Gasteiger partial charge in [-0.3, -0.25) is 4.79 Å². The highest BCUT2D eigenvalue weighted by molar-refractivity contribution is 6.82. The van der Waals surface area contributed by atoms with E-state index in [2.05, 4.69) is 72.7 Å². The fourth-order valence-electron chi connectivity index (χ4n) is 3.48. The topological polar surface area (TPSA) is 38.3 Å². The summed E-state index contributed by atoms with van der Waals surface area (Å²) in [5.41, 5.74) is 0. The van der Waals surface area contributed by atoms with Crippen molar-refractivity contribution < 1.29 is 9.22 Å². The Labute approximate surface area is 165 Å². The second-order valence-electron chi connectivity index (χ2n) is 9.62. The molecule has 1 unspecified atom stereocenters. The van der Waals surface area contributed by atoms with Crippen LogP contribution in [-0.4, -0.2) is 34.1 Å². The van der Waals surface area contributed by atoms with Crippen LogP contribution in [0.4, 0.5) is 0 Å². The van der Waals surface area contributed by atoms with E-state index in [-0.39, 0.29) is 16.2 Å². The Balaban J connectivity index is 5.09. The van der Waals surface area contributed by atoms with Gasteiger partial charge in [-0.2, -0.15) is 0 Å². The highest BCUT2D eigenvalue weighted by atomic mass is 28.4. The Bertz CT molecular complexity index is 461. The molecule has 1 atom stereocenters. The fraction of sp³-hybridized carbons (Fsp3) is 0.857. The van der Waals surface area contributed by atoms with Crippen LogP contribution in [0.5, 0.6) is 0 Å². The normalized spacial score (nSPS) is 15.4. The van der Waals surface area contributed by atoms with Gasteiger partial charge in [-0.1, -0.05) is 65.8 Å². The number of amides is 1. The van der Waals surface area contributed by atoms with E-state index < -0.39 is 16.4 Å². The van der Waals surface area contributed by atoms with Crippen LogP contribution < -0.4 is 5.32 Å². The molecule has 5 heteroatoms. The van der Waals surface area contributed by atoms with Gasteiger partial charge in [0.25, 0.3) is 0 Å². The second kappa shape index (κ2) is 10.2. The van der Waals surface area contributed by atoms with Crippen molar-refractivity contribution in [1.29, 1.82) is 0 Å². The lowest BCUT2D eigenvalue weighted by molar-refractivity contribution is -0.116. The van der Waals surface area contributed by atoms with Crippen LogP contribution >= 0.6 is 0 Å². The largest absolute Gasteiger partial charge is 0.415 e. The SMILES string of the molecule is C=CC(=O)NCCCC(C)(CC)[Si](C)(C)OC(C)(C)[Si](C)(C)CCCC. The number of carbonyl (C=O) groups is 1. The molecule has 154 valence electrons. The van der Waals surface area contributed by atoms with Crippen molar-refractivity contribution in [2.24, 2.45) is 0 Å². The van der Waals surface area contributed by atoms with Crippen molar-refractivity contribution in [3.63, 3.8) is 0 Å². The summed E-state index contributed by atoms with van der Waals surface area (Å²) in [7, 11) is -3.39. The maximum Gasteiger partial charge on any atom is 0.243 e. The predicted octanol–water partition coefficient (Wildman–Crippen LogP) is 6.29. The molecular weight excluding hydrogens is 354 g/mol. The maximum atomic E-state index is 11.3. The van der Waals surface area contributed by atoms with Crippen LogP contribution in [0.25, 0.3) is 0 Å². The first-order valence-electron chi connectivity index (χ1n) is 10.4. The van der Waals surface area contributed by atoms with E-state index in [1.807, 2.05) is 0 Å². The Hall–Kier alpha value is -0.396. The summed E-state index contributed by atoms with van der Waals surface area (Å²) < 4.78 is 7.04. The lowest BCUT2D eigenvalue weighted by Gasteiger charge is -2.51. The van der Waals surface area contributed by atoms with Crippen LogP contribution in [0.15, 0.2) is 12.7 Å². The Morgan fingerprint density at radius 1 is 1.12 bits per heavy atom. The first-order valence-corrected chi connectivity index (χ1v) is 16.5. The quantitative estimate of drug-likeness (QED) is 0.224. The third-order valence-corrected chi connectivity index (χ3v) is 16.6. The first kappa shape index (κ1) is 25.6. The highest BCUT2D eigenvalue weighted by Gasteiger charge is 2.50. The van der Waals surface area contributed by atoms with Gasteiger partial charge < -0.3 is 9.74 Å². The van der Waals surface area contributed by atoms with Crippen molar-refractivity contribution in [2.45, 2.75) is 109 Å². The zero-order valence-corrected chi connectivity index (χ0v) is 21.1. The van der Waals surface area contributed by atoms with E-state index in [9.17, 15) is 4.79 Å². The summed E-state index contributed by atoms with van der Waals surface area (Å²) in [5.74, 6) is -0.0826. The van der Waals surface area contributed by atoms with E-state index in [0.717, 1.165) is 19.3 Å². The molecule has 1 amide bonds. The van der Waals surface area contributed by atoms with Gasteiger partial charge in [0.1, 0.15) is 0 Å². The third kappa shape index (κ3) is 6.97. The lowest BCUT2D eigenvalue weighted by Crippen LogP contribution is -2.59. The minimum absolute atomic E-state index is 0.00855. The number of rotatable bonds is 13. The van der Waals surface area contributed by atoms with E-state index in [1.54, 1.807) is 0 Å². The van der Waals surface area contributed by atoms with E-state index in [4.69, 9.17) is 4.43 Å². The van der Waals surface area contributed by atoms with Crippen LogP contribution in [0.3, 0.4) is 0 Å². The van der Waals surface area contributed by atoms with Gasteiger partial charge in [0, 0.05) is 11.8 Å². The van der Waals surface area contributed by atoms with Crippen molar-refractivity contribution in [3.8, 4) is 0 Å². The molecule has 0 fully saturated rings. The number of carbonyl (C=O) groups excluding carboxylic acids is 1. The van der Waals surface area contributed by atoms with E-state index in [1.165, 1.54) is 25.0 Å². The Morgan fingerprint density at radius 3 is 2.15 bits per heavy atom. The molecule has 0 aromatic heterocycles. The van der Waals surface area contributed by atoms with Crippen molar-refractivity contribution in [3.05, 3.63) is 12.7 Å². The van der Waals surface area contributed by atoms with Gasteiger partial charge in [0.15, 0.2) is 8.32 Å². The van der Waals surface area contributed by atoms with Crippen LogP contribution in [-0.2, 0) is 9.22 Å². The Morgan fingerprint density at radius 2 is 1.69 bits per heavy atom. The molecule has 1 N–H and O–H groups in total. The van der Waals surface area contributed by atoms with Crippen molar-refractivity contribution >= 4 is 22.3 Å². The van der Waals surface area contributed by atoms with Crippen molar-refractivity contribution in [1.82, 2.24) is 5.32 Å². The summed E-state index contributed by atoms with van der Waals surface area (Å²) >= 11 is 0. The molecular formula is C21H45NO2Si2. The van der Waals surface area contributed by atoms with Crippen LogP contribution in [0.1, 0.15) is 66.7 Å². The molecule has 0 radical (unpaired) electrons. The highest BCUT2D eigenvalue weighted by Crippen LogP contribution is 2.48. The molecule has 26 heavy (non-hydrogen) atoms. The summed E-state index contributed by atoms with van der Waals surface area (Å²) in [6.07, 6.45) is 7.10. The molecule has 0 spiro atoms. The molecule has 0 rings (SSSR count). The van der Waals surface area contributed by atoms with Gasteiger partial charge in [0.05, 0.1) is 8.07 Å². The summed E-state index contributed by atoms with van der Waals surface area (Å²) in [4.78, 5) is 11.3. The summed E-state index contributed by atoms with van der Waals surface area (Å²) in [6, 6.07) is 1.33. The van der Waals surface area contributed by atoms with Gasteiger partial charge in [0.2, 0.25) is 5.91 Å². The van der Waals surface area contributed by atoms with Gasteiger partial charge >= 0.3 is 0 Å². The second-order valence-corrected chi connectivity index (χ2v) is 19.5. The average Bonchev–Trinajstić information content (AvgIpc) is 2.54. The maximum absolute atomic E-state index is 11.3. The molecule has 3 nitrogen and oxygen atoms in total. The molecule has 0 aliphatic carbocycles. The Kier molecular flexibility index (Phi) is 10.1. The zero-order chi connectivity index (χ0) is 20.6. The van der Waals surface area contributed by atoms with Crippen molar-refractivity contribution in [2.75, 3.05) is 6.54 Å². The summed E-state index contributed by atoms with van der Waals surface area (Å²) in [5, 5.41) is 3.10. The average molecular weight is 400 g/mol. The smallest absolute Gasteiger partial charge is 0.243 e. The van der Waals surface area contributed by atoms with Crippen LogP contribution in [0, 0.1) is 0 Å². The molecule has 0 saturated carbocycles. The first-order chi connectivity index (χ1) is 11.8. The molecule has 0 saturated heterocycles. The zero-order valence-electron chi connectivity index (χ0n) is 19.1. The number of unbranched alkanes of at least 4 members (excludes halogenated alkanes) is 1. The minimum atomic E-state index is -1.93. The molecule has 0 aliphatic heterocycles. The molecule has 0 aromatic rings. The van der Waals surface area contributed by atoms with Gasteiger partial charge in [-0.15, -0.1) is 0 Å². The van der Waals surface area contributed by atoms with Gasteiger partial charge in [-0.25, -0.2) is 0 Å². The fourth-order valence-corrected chi connectivity index (χ4v) is 10.3. The summed E-state index contributed by atoms with van der Waals surface area (Å²) in [6.45, 7) is 25.6.